The van der Waals surface area contributed by atoms with Crippen molar-refractivity contribution in [3.05, 3.63) is 16.0 Å². The summed E-state index contributed by atoms with van der Waals surface area (Å²) in [4.78, 5) is 12.8. The molecule has 0 N–H and O–H groups in total. The van der Waals surface area contributed by atoms with Crippen LogP contribution in [0, 0.1) is 16.7 Å². The summed E-state index contributed by atoms with van der Waals surface area (Å²) in [5.41, 5.74) is 1.71. The molecule has 0 saturated heterocycles. The van der Waals surface area contributed by atoms with E-state index in [1.54, 1.807) is 11.8 Å². The second-order valence-corrected chi connectivity index (χ2v) is 6.92. The van der Waals surface area contributed by atoms with E-state index in [4.69, 9.17) is 0 Å². The standard InChI is InChI=1S/C12H13NOS2/c1-12(2)4-7-8(6-13)11(15-3)16-10(7)9(14)5-12/h4-5H2,1-3H3. The van der Waals surface area contributed by atoms with E-state index < -0.39 is 0 Å². The number of fused-ring (bicyclic) bond motifs is 1. The first-order chi connectivity index (χ1) is 7.48. The molecule has 1 aromatic heterocycles. The molecule has 0 fully saturated rings. The van der Waals surface area contributed by atoms with E-state index >= 15 is 0 Å². The Balaban J connectivity index is 2.61. The molecule has 2 nitrogen and oxygen atoms in total. The van der Waals surface area contributed by atoms with Crippen LogP contribution in [0.3, 0.4) is 0 Å². The Hall–Kier alpha value is -0.790. The molecule has 0 aliphatic heterocycles. The lowest BCUT2D eigenvalue weighted by Crippen LogP contribution is -2.26. The van der Waals surface area contributed by atoms with Crippen LogP contribution in [0.4, 0.5) is 0 Å². The Morgan fingerprint density at radius 3 is 2.69 bits per heavy atom. The molecule has 0 aromatic carbocycles. The van der Waals surface area contributed by atoms with E-state index in [1.165, 1.54) is 11.3 Å². The summed E-state index contributed by atoms with van der Waals surface area (Å²) in [5, 5.41) is 9.18. The fourth-order valence-corrected chi connectivity index (χ4v) is 4.04. The zero-order valence-corrected chi connectivity index (χ0v) is 11.2. The van der Waals surface area contributed by atoms with Crippen LogP contribution in [0.1, 0.15) is 41.1 Å². The highest BCUT2D eigenvalue weighted by Gasteiger charge is 2.35. The number of nitrogens with zero attached hydrogens (tertiary/aromatic N) is 1. The quantitative estimate of drug-likeness (QED) is 0.717. The molecular weight excluding hydrogens is 238 g/mol. The normalized spacial score (nSPS) is 18.0. The SMILES string of the molecule is CSc1sc2c(c1C#N)CC(C)(C)CC2=O. The first-order valence-electron chi connectivity index (χ1n) is 5.11. The summed E-state index contributed by atoms with van der Waals surface area (Å²) in [6.45, 7) is 4.18. The van der Waals surface area contributed by atoms with Gasteiger partial charge in [-0.15, -0.1) is 23.1 Å². The van der Waals surface area contributed by atoms with Crippen LogP contribution < -0.4 is 0 Å². The van der Waals surface area contributed by atoms with Gasteiger partial charge in [-0.2, -0.15) is 5.26 Å². The largest absolute Gasteiger partial charge is 0.293 e. The average Bonchev–Trinajstić information content (AvgIpc) is 2.53. The van der Waals surface area contributed by atoms with Gasteiger partial charge in [-0.3, -0.25) is 4.79 Å². The van der Waals surface area contributed by atoms with Crippen molar-refractivity contribution in [2.45, 2.75) is 30.9 Å². The maximum absolute atomic E-state index is 12.0. The van der Waals surface area contributed by atoms with Crippen molar-refractivity contribution in [2.24, 2.45) is 5.41 Å². The molecule has 0 amide bonds. The first-order valence-corrected chi connectivity index (χ1v) is 7.15. The molecule has 1 heterocycles. The van der Waals surface area contributed by atoms with Crippen LogP contribution >= 0.6 is 23.1 Å². The third-order valence-corrected chi connectivity index (χ3v) is 5.21. The zero-order chi connectivity index (χ0) is 11.9. The topological polar surface area (TPSA) is 40.9 Å². The maximum Gasteiger partial charge on any atom is 0.173 e. The fourth-order valence-electron chi connectivity index (χ4n) is 2.15. The molecule has 1 aromatic rings. The smallest absolute Gasteiger partial charge is 0.173 e. The zero-order valence-electron chi connectivity index (χ0n) is 9.59. The number of thiophene rings is 1. The lowest BCUT2D eigenvalue weighted by Gasteiger charge is -2.28. The van der Waals surface area contributed by atoms with Gasteiger partial charge in [0.2, 0.25) is 0 Å². The Kier molecular flexibility index (Phi) is 2.85. The van der Waals surface area contributed by atoms with Gasteiger partial charge in [-0.05, 0) is 23.7 Å². The Morgan fingerprint density at radius 2 is 2.12 bits per heavy atom. The van der Waals surface area contributed by atoms with Crippen LogP contribution in [0.25, 0.3) is 0 Å². The number of nitriles is 1. The minimum absolute atomic E-state index is 0.00751. The fraction of sp³-hybridized carbons (Fsp3) is 0.500. The molecule has 0 unspecified atom stereocenters. The molecule has 0 bridgehead atoms. The van der Waals surface area contributed by atoms with Gasteiger partial charge < -0.3 is 0 Å². The van der Waals surface area contributed by atoms with Gasteiger partial charge in [0.25, 0.3) is 0 Å². The molecule has 2 rings (SSSR count). The van der Waals surface area contributed by atoms with Crippen molar-refractivity contribution in [1.82, 2.24) is 0 Å². The lowest BCUT2D eigenvalue weighted by molar-refractivity contribution is 0.0917. The molecule has 4 heteroatoms. The van der Waals surface area contributed by atoms with Crippen LogP contribution in [0.5, 0.6) is 0 Å². The molecule has 1 aliphatic rings. The van der Waals surface area contributed by atoms with E-state index in [1.807, 2.05) is 6.26 Å². The van der Waals surface area contributed by atoms with Gasteiger partial charge >= 0.3 is 0 Å². The van der Waals surface area contributed by atoms with Crippen LogP contribution in [0.2, 0.25) is 0 Å². The number of carbonyl (C=O) groups excluding carboxylic acids is 1. The third kappa shape index (κ3) is 1.79. The average molecular weight is 251 g/mol. The highest BCUT2D eigenvalue weighted by Crippen LogP contribution is 2.43. The van der Waals surface area contributed by atoms with Crippen molar-refractivity contribution in [3.8, 4) is 6.07 Å². The summed E-state index contributed by atoms with van der Waals surface area (Å²) in [6, 6.07) is 2.25. The van der Waals surface area contributed by atoms with E-state index in [9.17, 15) is 10.1 Å². The maximum atomic E-state index is 12.0. The number of hydrogen-bond acceptors (Lipinski definition) is 4. The van der Waals surface area contributed by atoms with Gasteiger partial charge in [0.15, 0.2) is 5.78 Å². The predicted molar refractivity (Wildman–Crippen MR) is 67.2 cm³/mol. The summed E-state index contributed by atoms with van der Waals surface area (Å²) in [7, 11) is 0. The summed E-state index contributed by atoms with van der Waals surface area (Å²) in [5.74, 6) is 0.202. The van der Waals surface area contributed by atoms with Crippen LogP contribution in [0.15, 0.2) is 4.21 Å². The molecule has 16 heavy (non-hydrogen) atoms. The van der Waals surface area contributed by atoms with E-state index in [0.717, 1.165) is 26.6 Å². The van der Waals surface area contributed by atoms with Gasteiger partial charge in [0.1, 0.15) is 6.07 Å². The van der Waals surface area contributed by atoms with Crippen molar-refractivity contribution < 1.29 is 4.79 Å². The molecule has 1 aliphatic carbocycles. The minimum Gasteiger partial charge on any atom is -0.293 e. The number of rotatable bonds is 1. The van der Waals surface area contributed by atoms with E-state index in [0.29, 0.717) is 6.42 Å². The summed E-state index contributed by atoms with van der Waals surface area (Å²) in [6.07, 6.45) is 3.39. The third-order valence-electron chi connectivity index (χ3n) is 2.82. The van der Waals surface area contributed by atoms with Crippen molar-refractivity contribution in [1.29, 1.82) is 5.26 Å². The van der Waals surface area contributed by atoms with Crippen LogP contribution in [-0.2, 0) is 6.42 Å². The molecule has 0 radical (unpaired) electrons. The van der Waals surface area contributed by atoms with Crippen molar-refractivity contribution in [2.75, 3.05) is 6.26 Å². The Morgan fingerprint density at radius 1 is 1.44 bits per heavy atom. The first kappa shape index (κ1) is 11.7. The minimum atomic E-state index is -0.00751. The summed E-state index contributed by atoms with van der Waals surface area (Å²) >= 11 is 3.05. The predicted octanol–water partition coefficient (Wildman–Crippen LogP) is 3.50. The monoisotopic (exact) mass is 251 g/mol. The Labute approximate surface area is 104 Å². The van der Waals surface area contributed by atoms with Gasteiger partial charge in [0, 0.05) is 6.42 Å². The molecule has 0 spiro atoms. The number of Topliss-reactive ketones (excluding diaryl/α,β-unsaturated/α-hetero) is 1. The number of carbonyl (C=O) groups is 1. The second kappa shape index (κ2) is 3.90. The highest BCUT2D eigenvalue weighted by molar-refractivity contribution is 8.00. The number of thioether (sulfide) groups is 1. The van der Waals surface area contributed by atoms with E-state index in [2.05, 4.69) is 19.9 Å². The highest BCUT2D eigenvalue weighted by atomic mass is 32.2. The Bertz CT molecular complexity index is 494. The second-order valence-electron chi connectivity index (χ2n) is 4.83. The number of hydrogen-bond donors (Lipinski definition) is 0. The lowest BCUT2D eigenvalue weighted by atomic mass is 9.75. The van der Waals surface area contributed by atoms with E-state index in [-0.39, 0.29) is 11.2 Å². The van der Waals surface area contributed by atoms with Gasteiger partial charge in [-0.1, -0.05) is 13.8 Å². The van der Waals surface area contributed by atoms with Crippen molar-refractivity contribution in [3.63, 3.8) is 0 Å². The van der Waals surface area contributed by atoms with Crippen LogP contribution in [-0.4, -0.2) is 12.0 Å². The molecule has 84 valence electrons. The molecule has 0 atom stereocenters. The molecular formula is C12H13NOS2. The number of ketones is 1. The van der Waals surface area contributed by atoms with Gasteiger partial charge in [0.05, 0.1) is 14.6 Å². The van der Waals surface area contributed by atoms with Crippen molar-refractivity contribution >= 4 is 28.9 Å². The van der Waals surface area contributed by atoms with Gasteiger partial charge in [-0.25, -0.2) is 0 Å². The summed E-state index contributed by atoms with van der Waals surface area (Å²) < 4.78 is 0.985. The molecule has 0 saturated carbocycles.